The summed E-state index contributed by atoms with van der Waals surface area (Å²) in [6.45, 7) is 2.72. The van der Waals surface area contributed by atoms with Crippen LogP contribution in [0, 0.1) is 17.0 Å². The summed E-state index contributed by atoms with van der Waals surface area (Å²) in [6, 6.07) is 10.4. The van der Waals surface area contributed by atoms with Crippen LogP contribution in [0.5, 0.6) is 5.75 Å². The third-order valence-electron chi connectivity index (χ3n) is 2.74. The van der Waals surface area contributed by atoms with Gasteiger partial charge in [-0.25, -0.2) is 4.98 Å². The number of nitrogen functional groups attached to an aromatic ring is 1. The second-order valence-electron chi connectivity index (χ2n) is 4.45. The number of benzene rings is 1. The highest BCUT2D eigenvalue weighted by atomic mass is 16.6. The van der Waals surface area contributed by atoms with E-state index in [1.165, 1.54) is 12.1 Å². The first kappa shape index (κ1) is 14.6. The minimum Gasteiger partial charge on any atom is -0.492 e. The minimum atomic E-state index is -0.504. The lowest BCUT2D eigenvalue weighted by atomic mass is 10.2. The molecule has 2 aromatic rings. The van der Waals surface area contributed by atoms with Crippen LogP contribution >= 0.6 is 0 Å². The van der Waals surface area contributed by atoms with Crippen molar-refractivity contribution in [3.63, 3.8) is 0 Å². The largest absolute Gasteiger partial charge is 0.492 e. The van der Waals surface area contributed by atoms with E-state index in [4.69, 9.17) is 10.5 Å². The second-order valence-corrected chi connectivity index (χ2v) is 4.45. The van der Waals surface area contributed by atoms with Gasteiger partial charge in [0.25, 0.3) is 0 Å². The standard InChI is InChI=1S/C14H16N4O3/c1-10-3-2-4-11(9-10)21-8-7-16-14-12(18(19)20)5-6-13(15)17-14/h2-6,9H,7-8H2,1H3,(H3,15,16,17). The summed E-state index contributed by atoms with van der Waals surface area (Å²) in [5.41, 5.74) is 6.53. The SMILES string of the molecule is Cc1cccc(OCCNc2nc(N)ccc2[N+](=O)[O-])c1. The number of rotatable bonds is 6. The normalized spacial score (nSPS) is 10.1. The number of ether oxygens (including phenoxy) is 1. The summed E-state index contributed by atoms with van der Waals surface area (Å²) in [5, 5.41) is 13.7. The molecule has 0 aliphatic rings. The molecule has 1 heterocycles. The van der Waals surface area contributed by atoms with Crippen molar-refractivity contribution in [1.82, 2.24) is 4.98 Å². The van der Waals surface area contributed by atoms with E-state index in [1.807, 2.05) is 31.2 Å². The van der Waals surface area contributed by atoms with Gasteiger partial charge in [0, 0.05) is 6.07 Å². The molecule has 0 atom stereocenters. The monoisotopic (exact) mass is 288 g/mol. The molecule has 0 bridgehead atoms. The number of anilines is 2. The molecule has 0 spiro atoms. The molecule has 0 amide bonds. The number of nitrogens with two attached hydrogens (primary N) is 1. The number of aromatic nitrogens is 1. The summed E-state index contributed by atoms with van der Waals surface area (Å²) < 4.78 is 5.55. The van der Waals surface area contributed by atoms with Crippen LogP contribution in [0.25, 0.3) is 0 Å². The Bertz CT molecular complexity index is 646. The molecule has 0 aliphatic carbocycles. The highest BCUT2D eigenvalue weighted by Crippen LogP contribution is 2.22. The van der Waals surface area contributed by atoms with Crippen LogP contribution in [-0.4, -0.2) is 23.1 Å². The van der Waals surface area contributed by atoms with Crippen molar-refractivity contribution in [2.45, 2.75) is 6.92 Å². The lowest BCUT2D eigenvalue weighted by Crippen LogP contribution is -2.14. The number of hydrogen-bond donors (Lipinski definition) is 2. The topological polar surface area (TPSA) is 103 Å². The van der Waals surface area contributed by atoms with Gasteiger partial charge in [-0.3, -0.25) is 10.1 Å². The second kappa shape index (κ2) is 6.56. The number of nitro groups is 1. The van der Waals surface area contributed by atoms with Crippen molar-refractivity contribution >= 4 is 17.3 Å². The Morgan fingerprint density at radius 2 is 2.19 bits per heavy atom. The third-order valence-corrected chi connectivity index (χ3v) is 2.74. The average Bonchev–Trinajstić information content (AvgIpc) is 2.43. The van der Waals surface area contributed by atoms with Crippen LogP contribution in [0.2, 0.25) is 0 Å². The molecule has 2 rings (SSSR count). The Kier molecular flexibility index (Phi) is 4.55. The van der Waals surface area contributed by atoms with E-state index in [0.29, 0.717) is 13.2 Å². The van der Waals surface area contributed by atoms with Crippen LogP contribution in [0.4, 0.5) is 17.3 Å². The molecular weight excluding hydrogens is 272 g/mol. The van der Waals surface area contributed by atoms with Gasteiger partial charge in [-0.2, -0.15) is 0 Å². The van der Waals surface area contributed by atoms with E-state index in [2.05, 4.69) is 10.3 Å². The van der Waals surface area contributed by atoms with Gasteiger partial charge in [0.2, 0.25) is 5.82 Å². The van der Waals surface area contributed by atoms with Crippen molar-refractivity contribution < 1.29 is 9.66 Å². The van der Waals surface area contributed by atoms with E-state index in [-0.39, 0.29) is 17.3 Å². The van der Waals surface area contributed by atoms with Crippen molar-refractivity contribution in [3.8, 4) is 5.75 Å². The summed E-state index contributed by atoms with van der Waals surface area (Å²) in [5.74, 6) is 1.13. The summed E-state index contributed by atoms with van der Waals surface area (Å²) >= 11 is 0. The fourth-order valence-electron chi connectivity index (χ4n) is 1.79. The predicted octanol–water partition coefficient (Wildman–Crippen LogP) is 2.37. The number of nitrogens with zero attached hydrogens (tertiary/aromatic N) is 2. The fourth-order valence-corrected chi connectivity index (χ4v) is 1.79. The number of pyridine rings is 1. The van der Waals surface area contributed by atoms with Crippen LogP contribution < -0.4 is 15.8 Å². The van der Waals surface area contributed by atoms with Gasteiger partial charge in [0.05, 0.1) is 11.5 Å². The van der Waals surface area contributed by atoms with Crippen molar-refractivity contribution in [2.24, 2.45) is 0 Å². The molecule has 3 N–H and O–H groups in total. The molecule has 0 saturated carbocycles. The molecule has 0 unspecified atom stereocenters. The number of aryl methyl sites for hydroxylation is 1. The molecule has 0 saturated heterocycles. The highest BCUT2D eigenvalue weighted by molar-refractivity contribution is 5.59. The van der Waals surface area contributed by atoms with Crippen LogP contribution in [0.1, 0.15) is 5.56 Å². The summed E-state index contributed by atoms with van der Waals surface area (Å²) in [4.78, 5) is 14.3. The van der Waals surface area contributed by atoms with E-state index in [1.54, 1.807) is 0 Å². The molecule has 0 fully saturated rings. The number of nitrogens with one attached hydrogen (secondary N) is 1. The summed E-state index contributed by atoms with van der Waals surface area (Å²) in [6.07, 6.45) is 0. The van der Waals surface area contributed by atoms with Gasteiger partial charge in [-0.05, 0) is 30.7 Å². The Balaban J connectivity index is 1.91. The Morgan fingerprint density at radius 1 is 1.38 bits per heavy atom. The Labute approximate surface area is 121 Å². The molecule has 21 heavy (non-hydrogen) atoms. The van der Waals surface area contributed by atoms with Gasteiger partial charge < -0.3 is 15.8 Å². The third kappa shape index (κ3) is 4.07. The molecule has 1 aromatic carbocycles. The first-order chi connectivity index (χ1) is 10.1. The summed E-state index contributed by atoms with van der Waals surface area (Å²) in [7, 11) is 0. The lowest BCUT2D eigenvalue weighted by Gasteiger charge is -2.09. The zero-order valence-electron chi connectivity index (χ0n) is 11.6. The first-order valence-electron chi connectivity index (χ1n) is 6.40. The minimum absolute atomic E-state index is 0.111. The maximum atomic E-state index is 10.9. The smallest absolute Gasteiger partial charge is 0.311 e. The van der Waals surface area contributed by atoms with Crippen molar-refractivity contribution in [2.75, 3.05) is 24.2 Å². The molecule has 1 aromatic heterocycles. The zero-order chi connectivity index (χ0) is 15.2. The van der Waals surface area contributed by atoms with Gasteiger partial charge in [0.15, 0.2) is 0 Å². The van der Waals surface area contributed by atoms with Crippen LogP contribution in [0.3, 0.4) is 0 Å². The molecular formula is C14H16N4O3. The van der Waals surface area contributed by atoms with Gasteiger partial charge in [0.1, 0.15) is 18.2 Å². The Morgan fingerprint density at radius 3 is 2.90 bits per heavy atom. The van der Waals surface area contributed by atoms with Crippen LogP contribution in [-0.2, 0) is 0 Å². The van der Waals surface area contributed by atoms with Crippen molar-refractivity contribution in [3.05, 3.63) is 52.1 Å². The molecule has 110 valence electrons. The molecule has 7 nitrogen and oxygen atoms in total. The van der Waals surface area contributed by atoms with E-state index >= 15 is 0 Å². The van der Waals surface area contributed by atoms with Gasteiger partial charge in [-0.1, -0.05) is 12.1 Å². The molecule has 0 radical (unpaired) electrons. The van der Waals surface area contributed by atoms with E-state index in [9.17, 15) is 10.1 Å². The Hall–Kier alpha value is -2.83. The van der Waals surface area contributed by atoms with E-state index < -0.39 is 4.92 Å². The highest BCUT2D eigenvalue weighted by Gasteiger charge is 2.14. The zero-order valence-corrected chi connectivity index (χ0v) is 11.6. The fraction of sp³-hybridized carbons (Fsp3) is 0.214. The maximum Gasteiger partial charge on any atom is 0.311 e. The quantitative estimate of drug-likeness (QED) is 0.480. The van der Waals surface area contributed by atoms with E-state index in [0.717, 1.165) is 11.3 Å². The van der Waals surface area contributed by atoms with Gasteiger partial charge >= 0.3 is 5.69 Å². The number of hydrogen-bond acceptors (Lipinski definition) is 6. The lowest BCUT2D eigenvalue weighted by molar-refractivity contribution is -0.384. The van der Waals surface area contributed by atoms with Crippen LogP contribution in [0.15, 0.2) is 36.4 Å². The predicted molar refractivity (Wildman–Crippen MR) is 80.5 cm³/mol. The maximum absolute atomic E-state index is 10.9. The first-order valence-corrected chi connectivity index (χ1v) is 6.40. The molecule has 0 aliphatic heterocycles. The molecule has 7 heteroatoms. The van der Waals surface area contributed by atoms with Gasteiger partial charge in [-0.15, -0.1) is 0 Å². The average molecular weight is 288 g/mol. The van der Waals surface area contributed by atoms with Crippen molar-refractivity contribution in [1.29, 1.82) is 0 Å².